The molecule has 29 heteroatoms. The lowest BCUT2D eigenvalue weighted by Crippen LogP contribution is -2.69. The van der Waals surface area contributed by atoms with Gasteiger partial charge in [-0.25, -0.2) is 0 Å². The molecule has 7 aliphatic heterocycles. The van der Waals surface area contributed by atoms with Gasteiger partial charge in [-0.15, -0.1) is 0 Å². The molecular formula is C56H92O29. The molecule has 29 nitrogen and oxygen atoms in total. The standard InChI is InChI=1S/C56H92O29/c1-19-7-10-56(75-17-19)20(2)31-45(85-56)37(67)32-22-6-5-21-11-26(24(61)12-55(21,4)23(22)8-9-54(31,32)3)76-50-42(72)39(69)44(30(16-60)80-50)81-53-48(47(36(66)29(15-59)79-53)83-49-40(70)33(63)25(62)18-74-49)84-52-43(73)46(35(65)28(14-58)78-52)82-51-41(71)38(68)34(64)27(13-57)77-51/h19-53,57-73H,5-18H2,1-4H3/t19-,20-,21-,22+,23-,24+,25-,26-,27+,28+,29-,30-,31-,32+,33-,34+,35+,36+,37-,38-,39-,40+,41+,42+,43+,44-,45+,46-,47+,48+,49+,50-,51+,52+,53-,54-,55-,56+/m0/s1. The zero-order chi connectivity index (χ0) is 61.1. The van der Waals surface area contributed by atoms with E-state index in [-0.39, 0.29) is 52.4 Å². The molecule has 4 aliphatic carbocycles. The highest BCUT2D eigenvalue weighted by molar-refractivity contribution is 5.19. The van der Waals surface area contributed by atoms with Crippen LogP contribution in [0.15, 0.2) is 0 Å². The second kappa shape index (κ2) is 25.4. The summed E-state index contributed by atoms with van der Waals surface area (Å²) in [7, 11) is 0. The largest absolute Gasteiger partial charge is 0.394 e. The van der Waals surface area contributed by atoms with E-state index >= 15 is 0 Å². The minimum atomic E-state index is -2.21. The molecule has 0 unspecified atom stereocenters. The minimum absolute atomic E-state index is 0.00749. The Morgan fingerprint density at radius 3 is 1.67 bits per heavy atom. The van der Waals surface area contributed by atoms with Crippen LogP contribution < -0.4 is 0 Å². The molecule has 0 bridgehead atoms. The number of aliphatic hydroxyl groups excluding tert-OH is 17. The number of hydrogen-bond donors (Lipinski definition) is 17. The highest BCUT2D eigenvalue weighted by Gasteiger charge is 2.73. The Morgan fingerprint density at radius 1 is 0.447 bits per heavy atom. The smallest absolute Gasteiger partial charge is 0.187 e. The van der Waals surface area contributed by atoms with Crippen LogP contribution in [0.3, 0.4) is 0 Å². The summed E-state index contributed by atoms with van der Waals surface area (Å²) in [5.41, 5.74) is -0.531. The Bertz CT molecular complexity index is 2220. The van der Waals surface area contributed by atoms with E-state index in [2.05, 4.69) is 27.7 Å². The molecule has 11 aliphatic rings. The molecule has 11 fully saturated rings. The van der Waals surface area contributed by atoms with E-state index in [1.807, 2.05) is 0 Å². The van der Waals surface area contributed by atoms with Crippen LogP contribution in [0.2, 0.25) is 0 Å². The molecule has 17 N–H and O–H groups in total. The Hall–Kier alpha value is -1.16. The van der Waals surface area contributed by atoms with Crippen LogP contribution in [0, 0.1) is 52.3 Å². The lowest BCUT2D eigenvalue weighted by molar-refractivity contribution is -0.410. The van der Waals surface area contributed by atoms with Crippen molar-refractivity contribution < 1.29 is 144 Å². The summed E-state index contributed by atoms with van der Waals surface area (Å²) in [6, 6.07) is 0. The van der Waals surface area contributed by atoms with Gasteiger partial charge in [0.25, 0.3) is 0 Å². The van der Waals surface area contributed by atoms with Gasteiger partial charge in [0.2, 0.25) is 0 Å². The van der Waals surface area contributed by atoms with Gasteiger partial charge in [0.1, 0.15) is 116 Å². The first-order chi connectivity index (χ1) is 40.3. The van der Waals surface area contributed by atoms with E-state index < -0.39 is 205 Å². The summed E-state index contributed by atoms with van der Waals surface area (Å²) in [6.45, 7) is 5.21. The topological polar surface area (TPSA) is 455 Å². The minimum Gasteiger partial charge on any atom is -0.394 e. The molecule has 7 heterocycles. The van der Waals surface area contributed by atoms with Crippen LogP contribution in [0.4, 0.5) is 0 Å². The van der Waals surface area contributed by atoms with E-state index in [0.717, 1.165) is 38.5 Å². The van der Waals surface area contributed by atoms with E-state index in [1.165, 1.54) is 0 Å². The van der Waals surface area contributed by atoms with Crippen molar-refractivity contribution >= 4 is 0 Å². The van der Waals surface area contributed by atoms with Crippen molar-refractivity contribution in [1.29, 1.82) is 0 Å². The Morgan fingerprint density at radius 2 is 1.01 bits per heavy atom. The predicted octanol–water partition coefficient (Wildman–Crippen LogP) is -6.50. The average molecular weight is 1230 g/mol. The van der Waals surface area contributed by atoms with E-state index in [4.69, 9.17) is 56.8 Å². The average Bonchev–Trinajstić information content (AvgIpc) is 1.59. The van der Waals surface area contributed by atoms with Crippen LogP contribution in [0.25, 0.3) is 0 Å². The summed E-state index contributed by atoms with van der Waals surface area (Å²) < 4.78 is 72.8. The molecule has 0 aromatic rings. The molecule has 490 valence electrons. The van der Waals surface area contributed by atoms with Crippen molar-refractivity contribution in [3.63, 3.8) is 0 Å². The molecule has 1 spiro atoms. The van der Waals surface area contributed by atoms with Crippen molar-refractivity contribution in [3.8, 4) is 0 Å². The number of rotatable bonds is 14. The highest BCUT2D eigenvalue weighted by Crippen LogP contribution is 2.71. The number of ether oxygens (including phenoxy) is 12. The van der Waals surface area contributed by atoms with Crippen molar-refractivity contribution in [2.24, 2.45) is 52.3 Å². The number of fused-ring (bicyclic) bond motifs is 7. The van der Waals surface area contributed by atoms with Gasteiger partial charge in [0, 0.05) is 18.3 Å². The van der Waals surface area contributed by atoms with Gasteiger partial charge in [0.05, 0.1) is 64.1 Å². The van der Waals surface area contributed by atoms with E-state index in [9.17, 15) is 86.8 Å². The molecule has 0 amide bonds. The number of aliphatic hydroxyl groups is 17. The maximum atomic E-state index is 12.3. The molecule has 0 radical (unpaired) electrons. The van der Waals surface area contributed by atoms with Gasteiger partial charge in [-0.3, -0.25) is 0 Å². The predicted molar refractivity (Wildman–Crippen MR) is 278 cm³/mol. The third-order valence-corrected chi connectivity index (χ3v) is 22.2. The summed E-state index contributed by atoms with van der Waals surface area (Å²) >= 11 is 0. The van der Waals surface area contributed by atoms with Crippen molar-refractivity contribution in [2.45, 2.75) is 257 Å². The van der Waals surface area contributed by atoms with Gasteiger partial charge < -0.3 is 144 Å². The van der Waals surface area contributed by atoms with E-state index in [1.54, 1.807) is 0 Å². The summed E-state index contributed by atoms with van der Waals surface area (Å²) in [6.07, 6.45) is -42.5. The van der Waals surface area contributed by atoms with E-state index in [0.29, 0.717) is 25.4 Å². The monoisotopic (exact) mass is 1230 g/mol. The fourth-order valence-electron chi connectivity index (χ4n) is 17.4. The molecule has 0 aromatic heterocycles. The summed E-state index contributed by atoms with van der Waals surface area (Å²) in [4.78, 5) is 0. The first-order valence-corrected chi connectivity index (χ1v) is 30.5. The number of hydrogen-bond acceptors (Lipinski definition) is 29. The molecule has 0 aromatic carbocycles. The van der Waals surface area contributed by atoms with Crippen LogP contribution in [-0.4, -0.2) is 304 Å². The van der Waals surface area contributed by atoms with Crippen LogP contribution in [0.1, 0.15) is 79.1 Å². The fourth-order valence-corrected chi connectivity index (χ4v) is 17.4. The van der Waals surface area contributed by atoms with Gasteiger partial charge in [-0.1, -0.05) is 27.7 Å². The first-order valence-electron chi connectivity index (χ1n) is 30.5. The maximum absolute atomic E-state index is 12.3. The van der Waals surface area contributed by atoms with Crippen LogP contribution >= 0.6 is 0 Å². The van der Waals surface area contributed by atoms with Gasteiger partial charge in [-0.2, -0.15) is 0 Å². The normalized spacial score (nSPS) is 58.1. The highest BCUT2D eigenvalue weighted by atomic mass is 16.8. The third kappa shape index (κ3) is 11.3. The Kier molecular flexibility index (Phi) is 19.5. The second-order valence-corrected chi connectivity index (χ2v) is 26.9. The first kappa shape index (κ1) is 65.3. The second-order valence-electron chi connectivity index (χ2n) is 26.9. The SMILES string of the molecule is C[C@H]1CC[C@@]2(OC1)O[C@H]1[C@@H](O)[C@H]3[C@@H]4CC[C@H]5C[C@H](O[C@H]6O[C@@H](CO)[C@H](O[C@@H]7O[C@@H](CO)[C@@H](O)[C@@H](O[C@H]8OC[C@H](O)[C@H](O)[C@H]8O)[C@H]7O[C@H]7O[C@H](CO)[C@@H](O)[C@H](O[C@H]8O[C@H](CO)[C@@H](O)[C@H](O)[C@H]8O)[C@H]7O)[C@@H](O)[C@H]6O)[C@H](O)C[C@]5(C)[C@H]4CC[C@@]3(C)[C@H]1[C@@H]2C. The molecule has 4 saturated carbocycles. The summed E-state index contributed by atoms with van der Waals surface area (Å²) in [5.74, 6) is 0.388. The van der Waals surface area contributed by atoms with Gasteiger partial charge in [0.15, 0.2) is 37.2 Å². The quantitative estimate of drug-likeness (QED) is 0.0719. The summed E-state index contributed by atoms with van der Waals surface area (Å²) in [5, 5.41) is 188. The Balaban J connectivity index is 0.797. The molecule has 7 saturated heterocycles. The molecule has 11 rings (SSSR count). The van der Waals surface area contributed by atoms with Gasteiger partial charge >= 0.3 is 0 Å². The van der Waals surface area contributed by atoms with Crippen molar-refractivity contribution in [2.75, 3.05) is 39.6 Å². The fraction of sp³-hybridized carbons (Fsp3) is 1.00. The molecular weight excluding hydrogens is 1140 g/mol. The zero-order valence-electron chi connectivity index (χ0n) is 48.1. The molecule has 38 atom stereocenters. The van der Waals surface area contributed by atoms with Crippen molar-refractivity contribution in [3.05, 3.63) is 0 Å². The Labute approximate surface area is 491 Å². The lowest BCUT2D eigenvalue weighted by Gasteiger charge is -2.62. The third-order valence-electron chi connectivity index (χ3n) is 22.2. The maximum Gasteiger partial charge on any atom is 0.187 e. The van der Waals surface area contributed by atoms with Crippen LogP contribution in [-0.2, 0) is 56.8 Å². The zero-order valence-corrected chi connectivity index (χ0v) is 48.1. The van der Waals surface area contributed by atoms with Gasteiger partial charge in [-0.05, 0) is 85.4 Å². The van der Waals surface area contributed by atoms with Crippen LogP contribution in [0.5, 0.6) is 0 Å². The lowest BCUT2D eigenvalue weighted by atomic mass is 9.44. The van der Waals surface area contributed by atoms with Crippen molar-refractivity contribution in [1.82, 2.24) is 0 Å². The molecule has 85 heavy (non-hydrogen) atoms.